The van der Waals surface area contributed by atoms with Crippen LogP contribution in [0, 0.1) is 0 Å². The second kappa shape index (κ2) is 10.7. The van der Waals surface area contributed by atoms with Crippen LogP contribution in [-0.4, -0.2) is 34.4 Å². The molecule has 0 fully saturated rings. The first kappa shape index (κ1) is 23.0. The topological polar surface area (TPSA) is 30.9 Å². The predicted octanol–water partition coefficient (Wildman–Crippen LogP) is 6.05. The highest BCUT2D eigenvalue weighted by molar-refractivity contribution is 5.59. The maximum absolute atomic E-state index is 5.61. The molecule has 4 rings (SSSR count). The Balaban J connectivity index is 1.57. The van der Waals surface area contributed by atoms with Gasteiger partial charge in [0.15, 0.2) is 0 Å². The molecule has 0 amide bonds. The van der Waals surface area contributed by atoms with Gasteiger partial charge in [0.1, 0.15) is 17.2 Å². The number of likely N-dealkylation sites (N-methyl/N-ethyl adjacent to an activating group) is 1. The lowest BCUT2D eigenvalue weighted by atomic mass is 9.79. The van der Waals surface area contributed by atoms with Gasteiger partial charge in [-0.25, -0.2) is 0 Å². The molecule has 0 aliphatic heterocycles. The number of aryl methyl sites for hydroxylation is 1. The van der Waals surface area contributed by atoms with Crippen molar-refractivity contribution in [3.05, 3.63) is 82.9 Å². The van der Waals surface area contributed by atoms with Crippen LogP contribution in [0.15, 0.2) is 60.7 Å². The molecule has 0 heterocycles. The Bertz CT molecular complexity index is 1060. The third-order valence-corrected chi connectivity index (χ3v) is 6.87. The zero-order valence-electron chi connectivity index (χ0n) is 20.3. The summed E-state index contributed by atoms with van der Waals surface area (Å²) >= 11 is 0. The summed E-state index contributed by atoms with van der Waals surface area (Å²) in [5.74, 6) is 3.27. The van der Waals surface area contributed by atoms with Gasteiger partial charge in [-0.3, -0.25) is 0 Å². The molecule has 3 aromatic carbocycles. The van der Waals surface area contributed by atoms with E-state index in [-0.39, 0.29) is 0 Å². The molecule has 1 atom stereocenters. The number of fused-ring (bicyclic) bond motifs is 1. The Morgan fingerprint density at radius 1 is 0.788 bits per heavy atom. The van der Waals surface area contributed by atoms with Crippen LogP contribution in [0.3, 0.4) is 0 Å². The van der Waals surface area contributed by atoms with Crippen LogP contribution >= 0.6 is 0 Å². The van der Waals surface area contributed by atoms with Crippen molar-refractivity contribution >= 4 is 5.69 Å². The largest absolute Gasteiger partial charge is 0.497 e. The monoisotopic (exact) mass is 445 g/mol. The minimum absolute atomic E-state index is 0.502. The molecule has 1 aliphatic carbocycles. The zero-order chi connectivity index (χ0) is 23.2. The maximum Gasteiger partial charge on any atom is 0.120 e. The molecule has 3 aromatic rings. The molecule has 1 aliphatic rings. The minimum Gasteiger partial charge on any atom is -0.497 e. The van der Waals surface area contributed by atoms with Crippen LogP contribution in [-0.2, 0) is 19.3 Å². The average molecular weight is 446 g/mol. The molecule has 33 heavy (non-hydrogen) atoms. The predicted molar refractivity (Wildman–Crippen MR) is 135 cm³/mol. The normalized spacial score (nSPS) is 15.0. The van der Waals surface area contributed by atoms with Gasteiger partial charge < -0.3 is 19.1 Å². The summed E-state index contributed by atoms with van der Waals surface area (Å²) in [4.78, 5) is 2.49. The van der Waals surface area contributed by atoms with Crippen molar-refractivity contribution in [3.63, 3.8) is 0 Å². The van der Waals surface area contributed by atoms with E-state index in [4.69, 9.17) is 14.2 Å². The van der Waals surface area contributed by atoms with Crippen molar-refractivity contribution in [2.75, 3.05) is 39.3 Å². The van der Waals surface area contributed by atoms with Gasteiger partial charge in [-0.05, 0) is 91.1 Å². The molecule has 0 N–H and O–H groups in total. The van der Waals surface area contributed by atoms with Gasteiger partial charge in [-0.1, -0.05) is 24.3 Å². The Kier molecular flexibility index (Phi) is 7.43. The van der Waals surface area contributed by atoms with E-state index in [1.807, 2.05) is 12.1 Å². The lowest BCUT2D eigenvalue weighted by Crippen LogP contribution is -2.27. The summed E-state index contributed by atoms with van der Waals surface area (Å²) in [6.07, 6.45) is 4.28. The molecule has 0 radical (unpaired) electrons. The third-order valence-electron chi connectivity index (χ3n) is 6.87. The summed E-state index contributed by atoms with van der Waals surface area (Å²) in [6, 6.07) is 21.5. The highest BCUT2D eigenvalue weighted by atomic mass is 16.5. The molecule has 0 saturated carbocycles. The SMILES string of the molecule is CCN(CCc1ccc(OC)cc1)c1cc(OC)ccc1C1CCc2cc(OC)ccc2C1. The number of hydrogen-bond donors (Lipinski definition) is 0. The number of anilines is 1. The molecule has 4 heteroatoms. The quantitative estimate of drug-likeness (QED) is 0.401. The third kappa shape index (κ3) is 5.27. The first-order chi connectivity index (χ1) is 16.1. The van der Waals surface area contributed by atoms with Crippen LogP contribution in [0.1, 0.15) is 41.5 Å². The fraction of sp³-hybridized carbons (Fsp3) is 0.379. The fourth-order valence-electron chi connectivity index (χ4n) is 4.90. The van der Waals surface area contributed by atoms with Crippen LogP contribution in [0.25, 0.3) is 0 Å². The molecule has 4 nitrogen and oxygen atoms in total. The van der Waals surface area contributed by atoms with Crippen molar-refractivity contribution in [1.82, 2.24) is 0 Å². The van der Waals surface area contributed by atoms with Crippen molar-refractivity contribution in [2.45, 2.75) is 38.5 Å². The van der Waals surface area contributed by atoms with Gasteiger partial charge in [-0.15, -0.1) is 0 Å². The Morgan fingerprint density at radius 2 is 1.45 bits per heavy atom. The van der Waals surface area contributed by atoms with Gasteiger partial charge in [0.25, 0.3) is 0 Å². The second-order valence-electron chi connectivity index (χ2n) is 8.68. The van der Waals surface area contributed by atoms with Crippen molar-refractivity contribution in [2.24, 2.45) is 0 Å². The summed E-state index contributed by atoms with van der Waals surface area (Å²) in [6.45, 7) is 4.15. The summed E-state index contributed by atoms with van der Waals surface area (Å²) < 4.78 is 16.3. The van der Waals surface area contributed by atoms with Crippen molar-refractivity contribution in [1.29, 1.82) is 0 Å². The Morgan fingerprint density at radius 3 is 2.15 bits per heavy atom. The van der Waals surface area contributed by atoms with Gasteiger partial charge in [0.2, 0.25) is 0 Å². The van der Waals surface area contributed by atoms with E-state index in [0.717, 1.165) is 56.0 Å². The smallest absolute Gasteiger partial charge is 0.120 e. The molecular weight excluding hydrogens is 410 g/mol. The average Bonchev–Trinajstić information content (AvgIpc) is 2.88. The van der Waals surface area contributed by atoms with Crippen LogP contribution in [0.2, 0.25) is 0 Å². The molecule has 0 saturated heterocycles. The van der Waals surface area contributed by atoms with E-state index in [2.05, 4.69) is 60.4 Å². The molecule has 1 unspecified atom stereocenters. The van der Waals surface area contributed by atoms with Crippen LogP contribution < -0.4 is 19.1 Å². The number of methoxy groups -OCH3 is 3. The van der Waals surface area contributed by atoms with Crippen molar-refractivity contribution in [3.8, 4) is 17.2 Å². The summed E-state index contributed by atoms with van der Waals surface area (Å²) in [5, 5.41) is 0. The minimum atomic E-state index is 0.502. The molecule has 174 valence electrons. The molecule has 0 spiro atoms. The highest BCUT2D eigenvalue weighted by Crippen LogP contribution is 2.40. The lowest BCUT2D eigenvalue weighted by molar-refractivity contribution is 0.413. The maximum atomic E-state index is 5.61. The van der Waals surface area contributed by atoms with E-state index < -0.39 is 0 Å². The first-order valence-electron chi connectivity index (χ1n) is 11.9. The highest BCUT2D eigenvalue weighted by Gasteiger charge is 2.24. The van der Waals surface area contributed by atoms with E-state index >= 15 is 0 Å². The summed E-state index contributed by atoms with van der Waals surface area (Å²) in [5.41, 5.74) is 6.91. The molecule has 0 bridgehead atoms. The first-order valence-corrected chi connectivity index (χ1v) is 11.9. The second-order valence-corrected chi connectivity index (χ2v) is 8.68. The van der Waals surface area contributed by atoms with Gasteiger partial charge in [0, 0.05) is 24.8 Å². The van der Waals surface area contributed by atoms with Crippen molar-refractivity contribution < 1.29 is 14.2 Å². The Hall–Kier alpha value is -3.14. The van der Waals surface area contributed by atoms with E-state index in [1.54, 1.807) is 21.3 Å². The van der Waals surface area contributed by atoms with Gasteiger partial charge >= 0.3 is 0 Å². The van der Waals surface area contributed by atoms with E-state index in [0.29, 0.717) is 5.92 Å². The molecular formula is C29H35NO3. The Labute approximate surface area is 198 Å². The van der Waals surface area contributed by atoms with Crippen LogP contribution in [0.4, 0.5) is 5.69 Å². The number of rotatable bonds is 9. The molecule has 0 aromatic heterocycles. The number of ether oxygens (including phenoxy) is 3. The van der Waals surface area contributed by atoms with Gasteiger partial charge in [0.05, 0.1) is 21.3 Å². The summed E-state index contributed by atoms with van der Waals surface area (Å²) in [7, 11) is 5.19. The zero-order valence-corrected chi connectivity index (χ0v) is 20.3. The van der Waals surface area contributed by atoms with E-state index in [1.165, 1.54) is 27.9 Å². The number of benzene rings is 3. The number of hydrogen-bond acceptors (Lipinski definition) is 4. The van der Waals surface area contributed by atoms with Crippen LogP contribution in [0.5, 0.6) is 17.2 Å². The lowest BCUT2D eigenvalue weighted by Gasteiger charge is -2.32. The fourth-order valence-corrected chi connectivity index (χ4v) is 4.90. The standard InChI is InChI=1S/C29H35NO3/c1-5-30(17-16-21-6-11-25(31-2)12-7-21)29-20-27(33-4)14-15-28(29)24-9-8-23-19-26(32-3)13-10-22(23)18-24/h6-7,10-15,19-20,24H,5,8-9,16-18H2,1-4H3. The van der Waals surface area contributed by atoms with Gasteiger partial charge in [-0.2, -0.15) is 0 Å². The van der Waals surface area contributed by atoms with E-state index in [9.17, 15) is 0 Å². The number of nitrogens with zero attached hydrogens (tertiary/aromatic N) is 1.